The molecule has 0 unspecified atom stereocenters. The van der Waals surface area contributed by atoms with Crippen LogP contribution in [-0.4, -0.2) is 20.9 Å². The molecule has 0 saturated carbocycles. The maximum atomic E-state index is 11.3. The average Bonchev–Trinajstić information content (AvgIpc) is 2.68. The van der Waals surface area contributed by atoms with Crippen molar-refractivity contribution in [3.05, 3.63) is 72.9 Å². The summed E-state index contributed by atoms with van der Waals surface area (Å²) in [5.41, 5.74) is 3.06. The van der Waals surface area contributed by atoms with Gasteiger partial charge in [0.25, 0.3) is 0 Å². The lowest BCUT2D eigenvalue weighted by Crippen LogP contribution is -2.06. The lowest BCUT2D eigenvalue weighted by Gasteiger charge is -2.11. The first-order valence-corrected chi connectivity index (χ1v) is 8.52. The van der Waals surface area contributed by atoms with E-state index in [9.17, 15) is 4.79 Å². The van der Waals surface area contributed by atoms with Crippen LogP contribution in [0, 0.1) is 0 Å². The molecular weight excluding hydrogens is 338 g/mol. The second-order valence-corrected chi connectivity index (χ2v) is 6.02. The first kappa shape index (κ1) is 16.7. The predicted octanol–water partition coefficient (Wildman–Crippen LogP) is 4.39. The maximum Gasteiger partial charge on any atom is 0.221 e. The Bertz CT molecular complexity index is 1110. The van der Waals surface area contributed by atoms with Gasteiger partial charge in [0.1, 0.15) is 5.82 Å². The van der Waals surface area contributed by atoms with E-state index in [-0.39, 0.29) is 5.91 Å². The minimum absolute atomic E-state index is 0.116. The van der Waals surface area contributed by atoms with Gasteiger partial charge in [-0.3, -0.25) is 4.79 Å². The smallest absolute Gasteiger partial charge is 0.221 e. The minimum Gasteiger partial charge on any atom is -0.339 e. The van der Waals surface area contributed by atoms with Crippen LogP contribution in [0.15, 0.2) is 72.9 Å². The van der Waals surface area contributed by atoms with E-state index in [1.54, 1.807) is 6.20 Å². The molecule has 0 spiro atoms. The number of anilines is 3. The zero-order chi connectivity index (χ0) is 18.6. The predicted molar refractivity (Wildman–Crippen MR) is 107 cm³/mol. The van der Waals surface area contributed by atoms with Gasteiger partial charge in [-0.2, -0.15) is 0 Å². The van der Waals surface area contributed by atoms with Crippen LogP contribution in [0.2, 0.25) is 0 Å². The van der Waals surface area contributed by atoms with Gasteiger partial charge in [0.05, 0.1) is 5.39 Å². The molecule has 4 aromatic rings. The molecule has 4 rings (SSSR count). The van der Waals surface area contributed by atoms with Crippen LogP contribution in [0.4, 0.5) is 17.2 Å². The topological polar surface area (TPSA) is 79.8 Å². The molecule has 6 heteroatoms. The van der Waals surface area contributed by atoms with Crippen molar-refractivity contribution in [2.75, 3.05) is 10.6 Å². The van der Waals surface area contributed by atoms with Gasteiger partial charge in [-0.05, 0) is 30.3 Å². The Labute approximate surface area is 156 Å². The van der Waals surface area contributed by atoms with Gasteiger partial charge in [0.2, 0.25) is 5.91 Å². The van der Waals surface area contributed by atoms with Crippen LogP contribution in [0.3, 0.4) is 0 Å². The number of aromatic nitrogens is 3. The third-order valence-corrected chi connectivity index (χ3v) is 3.95. The highest BCUT2D eigenvalue weighted by Gasteiger charge is 2.10. The first-order valence-electron chi connectivity index (χ1n) is 8.52. The van der Waals surface area contributed by atoms with Crippen molar-refractivity contribution in [1.82, 2.24) is 15.0 Å². The summed E-state index contributed by atoms with van der Waals surface area (Å²) in [6.45, 7) is 1.48. The van der Waals surface area contributed by atoms with Crippen LogP contribution < -0.4 is 10.6 Å². The summed E-state index contributed by atoms with van der Waals surface area (Å²) < 4.78 is 0. The fourth-order valence-corrected chi connectivity index (χ4v) is 2.79. The molecule has 2 aromatic carbocycles. The number of rotatable bonds is 4. The lowest BCUT2D eigenvalue weighted by molar-refractivity contribution is -0.114. The molecule has 1 amide bonds. The standard InChI is InChI=1S/C21H17N5O/c1-14(27)23-16-9-5-10-17(13-16)24-21-18-11-6-12-22-20(18)25-19(26-21)15-7-3-2-4-8-15/h2-13H,1H3,(H,23,27)(H,22,24,25,26). The lowest BCUT2D eigenvalue weighted by atomic mass is 10.2. The van der Waals surface area contributed by atoms with Gasteiger partial charge >= 0.3 is 0 Å². The van der Waals surface area contributed by atoms with Crippen LogP contribution in [0.5, 0.6) is 0 Å². The minimum atomic E-state index is -0.116. The molecule has 0 aliphatic rings. The summed E-state index contributed by atoms with van der Waals surface area (Å²) >= 11 is 0. The van der Waals surface area contributed by atoms with E-state index >= 15 is 0 Å². The Kier molecular flexibility index (Phi) is 4.45. The van der Waals surface area contributed by atoms with E-state index in [2.05, 4.69) is 20.6 Å². The van der Waals surface area contributed by atoms with Gasteiger partial charge in [-0.1, -0.05) is 36.4 Å². The number of fused-ring (bicyclic) bond motifs is 1. The number of hydrogen-bond acceptors (Lipinski definition) is 5. The Hall–Kier alpha value is -3.80. The Morgan fingerprint density at radius 2 is 1.70 bits per heavy atom. The molecule has 0 bridgehead atoms. The van der Waals surface area contributed by atoms with Crippen LogP contribution >= 0.6 is 0 Å². The summed E-state index contributed by atoms with van der Waals surface area (Å²) in [4.78, 5) is 25.0. The van der Waals surface area contributed by atoms with Gasteiger partial charge < -0.3 is 10.6 Å². The highest BCUT2D eigenvalue weighted by molar-refractivity contribution is 5.91. The fourth-order valence-electron chi connectivity index (χ4n) is 2.79. The Morgan fingerprint density at radius 1 is 0.889 bits per heavy atom. The van der Waals surface area contributed by atoms with Gasteiger partial charge in [-0.15, -0.1) is 0 Å². The molecule has 0 fully saturated rings. The molecule has 6 nitrogen and oxygen atoms in total. The second kappa shape index (κ2) is 7.21. The number of nitrogens with one attached hydrogen (secondary N) is 2. The number of pyridine rings is 1. The van der Waals surface area contributed by atoms with Crippen molar-refractivity contribution in [2.45, 2.75) is 6.92 Å². The van der Waals surface area contributed by atoms with E-state index in [0.29, 0.717) is 23.0 Å². The molecule has 0 atom stereocenters. The number of carbonyl (C=O) groups is 1. The quantitative estimate of drug-likeness (QED) is 0.567. The Morgan fingerprint density at radius 3 is 2.52 bits per heavy atom. The number of carbonyl (C=O) groups excluding carboxylic acids is 1. The molecule has 27 heavy (non-hydrogen) atoms. The van der Waals surface area contributed by atoms with E-state index in [1.807, 2.05) is 66.7 Å². The summed E-state index contributed by atoms with van der Waals surface area (Å²) in [7, 11) is 0. The molecule has 0 aliphatic carbocycles. The van der Waals surface area contributed by atoms with Crippen molar-refractivity contribution in [3.63, 3.8) is 0 Å². The van der Waals surface area contributed by atoms with E-state index in [0.717, 1.165) is 16.6 Å². The first-order chi connectivity index (χ1) is 13.2. The van der Waals surface area contributed by atoms with Crippen LogP contribution in [-0.2, 0) is 4.79 Å². The monoisotopic (exact) mass is 355 g/mol. The van der Waals surface area contributed by atoms with Gasteiger partial charge in [0, 0.05) is 30.1 Å². The Balaban J connectivity index is 1.78. The normalized spacial score (nSPS) is 10.6. The number of benzene rings is 2. The molecule has 0 aliphatic heterocycles. The van der Waals surface area contributed by atoms with E-state index in [1.165, 1.54) is 6.92 Å². The summed E-state index contributed by atoms with van der Waals surface area (Å²) in [6.07, 6.45) is 1.71. The fraction of sp³-hybridized carbons (Fsp3) is 0.0476. The molecule has 0 radical (unpaired) electrons. The third-order valence-electron chi connectivity index (χ3n) is 3.95. The molecule has 0 saturated heterocycles. The highest BCUT2D eigenvalue weighted by Crippen LogP contribution is 2.27. The van der Waals surface area contributed by atoms with Crippen molar-refractivity contribution < 1.29 is 4.79 Å². The molecule has 2 heterocycles. The number of nitrogens with zero attached hydrogens (tertiary/aromatic N) is 3. The number of amides is 1. The van der Waals surface area contributed by atoms with Crippen molar-refractivity contribution >= 4 is 34.1 Å². The van der Waals surface area contributed by atoms with Crippen molar-refractivity contribution in [2.24, 2.45) is 0 Å². The van der Waals surface area contributed by atoms with E-state index < -0.39 is 0 Å². The highest BCUT2D eigenvalue weighted by atomic mass is 16.1. The van der Waals surface area contributed by atoms with Crippen molar-refractivity contribution in [1.29, 1.82) is 0 Å². The van der Waals surface area contributed by atoms with E-state index in [4.69, 9.17) is 4.98 Å². The molecule has 2 N–H and O–H groups in total. The summed E-state index contributed by atoms with van der Waals surface area (Å²) in [5, 5.41) is 6.93. The zero-order valence-electron chi connectivity index (χ0n) is 14.7. The molecule has 132 valence electrons. The van der Waals surface area contributed by atoms with Crippen LogP contribution in [0.1, 0.15) is 6.92 Å². The second-order valence-electron chi connectivity index (χ2n) is 6.02. The van der Waals surface area contributed by atoms with Gasteiger partial charge in [-0.25, -0.2) is 15.0 Å². The summed E-state index contributed by atoms with van der Waals surface area (Å²) in [6, 6.07) is 21.0. The average molecular weight is 355 g/mol. The third kappa shape index (κ3) is 3.74. The van der Waals surface area contributed by atoms with Crippen molar-refractivity contribution in [3.8, 4) is 11.4 Å². The summed E-state index contributed by atoms with van der Waals surface area (Å²) in [5.74, 6) is 1.14. The maximum absolute atomic E-state index is 11.3. The van der Waals surface area contributed by atoms with Gasteiger partial charge in [0.15, 0.2) is 11.5 Å². The molecular formula is C21H17N5O. The largest absolute Gasteiger partial charge is 0.339 e. The molecule has 2 aromatic heterocycles. The zero-order valence-corrected chi connectivity index (χ0v) is 14.7. The number of hydrogen-bond donors (Lipinski definition) is 2. The SMILES string of the molecule is CC(=O)Nc1cccc(Nc2nc(-c3ccccc3)nc3ncccc23)c1. The van der Waals surface area contributed by atoms with Crippen LogP contribution in [0.25, 0.3) is 22.4 Å².